The van der Waals surface area contributed by atoms with Gasteiger partial charge in [-0.1, -0.05) is 48.9 Å². The summed E-state index contributed by atoms with van der Waals surface area (Å²) in [7, 11) is 0. The lowest BCUT2D eigenvalue weighted by Gasteiger charge is -2.09. The van der Waals surface area contributed by atoms with Gasteiger partial charge in [0.15, 0.2) is 5.75 Å². The maximum Gasteiger partial charge on any atom is 0.155 e. The number of aromatic nitrogens is 2. The molecule has 7 heteroatoms. The van der Waals surface area contributed by atoms with Crippen LogP contribution in [0.15, 0.2) is 54.9 Å². The predicted octanol–water partition coefficient (Wildman–Crippen LogP) is 7.06. The number of rotatable bonds is 9. The van der Waals surface area contributed by atoms with Crippen molar-refractivity contribution in [3.63, 3.8) is 0 Å². The molecule has 34 heavy (non-hydrogen) atoms. The summed E-state index contributed by atoms with van der Waals surface area (Å²) in [6, 6.07) is 11.6. The van der Waals surface area contributed by atoms with E-state index in [9.17, 15) is 8.78 Å². The third kappa shape index (κ3) is 5.68. The van der Waals surface area contributed by atoms with Gasteiger partial charge >= 0.3 is 0 Å². The van der Waals surface area contributed by atoms with Crippen molar-refractivity contribution in [2.45, 2.75) is 39.0 Å². The summed E-state index contributed by atoms with van der Waals surface area (Å²) in [6.45, 7) is 2.67. The summed E-state index contributed by atoms with van der Waals surface area (Å²) in [5.41, 5.74) is 1.98. The van der Waals surface area contributed by atoms with E-state index in [1.54, 1.807) is 24.5 Å². The van der Waals surface area contributed by atoms with E-state index in [1.807, 2.05) is 25.1 Å². The van der Waals surface area contributed by atoms with Crippen LogP contribution in [0.4, 0.5) is 13.2 Å². The van der Waals surface area contributed by atoms with Crippen molar-refractivity contribution in [2.75, 3.05) is 6.61 Å². The number of hydrogen-bond acceptors (Lipinski definition) is 3. The second-order valence-electron chi connectivity index (χ2n) is 8.15. The van der Waals surface area contributed by atoms with Crippen LogP contribution in [0.25, 0.3) is 10.8 Å². The third-order valence-electron chi connectivity index (χ3n) is 5.62. The zero-order valence-corrected chi connectivity index (χ0v) is 19.5. The van der Waals surface area contributed by atoms with Crippen LogP contribution in [0.3, 0.4) is 0 Å². The highest BCUT2D eigenvalue weighted by atomic mass is 35.5. The number of halogens is 4. The first-order valence-corrected chi connectivity index (χ1v) is 11.6. The molecule has 0 unspecified atom stereocenters. The van der Waals surface area contributed by atoms with Gasteiger partial charge in [-0.15, -0.1) is 0 Å². The minimum atomic E-state index is -0.811. The highest BCUT2D eigenvalue weighted by molar-refractivity contribution is 6.30. The molecule has 4 rings (SSSR count). The van der Waals surface area contributed by atoms with E-state index < -0.39 is 16.7 Å². The Morgan fingerprint density at radius 1 is 0.824 bits per heavy atom. The first kappa shape index (κ1) is 24.0. The number of nitrogens with zero attached hydrogens (tertiary/aromatic N) is 2. The van der Waals surface area contributed by atoms with Gasteiger partial charge in [-0.3, -0.25) is 0 Å². The van der Waals surface area contributed by atoms with Gasteiger partial charge < -0.3 is 4.74 Å². The molecule has 0 saturated carbocycles. The summed E-state index contributed by atoms with van der Waals surface area (Å²) < 4.78 is 47.9. The second kappa shape index (κ2) is 10.9. The Morgan fingerprint density at radius 2 is 1.53 bits per heavy atom. The van der Waals surface area contributed by atoms with Crippen LogP contribution in [0.1, 0.15) is 35.9 Å². The topological polar surface area (TPSA) is 35.0 Å². The average Bonchev–Trinajstić information content (AvgIpc) is 2.85. The first-order valence-electron chi connectivity index (χ1n) is 11.2. The van der Waals surface area contributed by atoms with Crippen molar-refractivity contribution in [1.29, 1.82) is 0 Å². The molecular weight excluding hydrogens is 461 g/mol. The Balaban J connectivity index is 1.42. The van der Waals surface area contributed by atoms with E-state index in [1.165, 1.54) is 12.1 Å². The molecule has 0 spiro atoms. The zero-order valence-electron chi connectivity index (χ0n) is 18.8. The normalized spacial score (nSPS) is 11.2. The Morgan fingerprint density at radius 3 is 2.24 bits per heavy atom. The highest BCUT2D eigenvalue weighted by Crippen LogP contribution is 2.25. The number of ether oxygens (including phenoxy) is 1. The van der Waals surface area contributed by atoms with Gasteiger partial charge in [-0.05, 0) is 59.9 Å². The second-order valence-corrected chi connectivity index (χ2v) is 8.53. The maximum absolute atomic E-state index is 15.1. The van der Waals surface area contributed by atoms with Crippen LogP contribution >= 0.6 is 11.6 Å². The predicted molar refractivity (Wildman–Crippen MR) is 128 cm³/mol. The quantitative estimate of drug-likeness (QED) is 0.238. The Hall–Kier alpha value is -3.12. The van der Waals surface area contributed by atoms with E-state index >= 15 is 4.39 Å². The molecule has 0 atom stereocenters. The van der Waals surface area contributed by atoms with Crippen molar-refractivity contribution >= 4 is 22.4 Å². The van der Waals surface area contributed by atoms with Crippen molar-refractivity contribution in [1.82, 2.24) is 9.97 Å². The molecule has 4 aromatic rings. The molecule has 0 amide bonds. The Labute approximate surface area is 201 Å². The van der Waals surface area contributed by atoms with Gasteiger partial charge in [0.1, 0.15) is 28.3 Å². The van der Waals surface area contributed by atoms with E-state index in [2.05, 4.69) is 9.97 Å². The molecule has 0 radical (unpaired) electrons. The molecule has 0 N–H and O–H groups in total. The van der Waals surface area contributed by atoms with Gasteiger partial charge in [-0.2, -0.15) is 0 Å². The van der Waals surface area contributed by atoms with Crippen LogP contribution in [-0.4, -0.2) is 16.6 Å². The van der Waals surface area contributed by atoms with E-state index in [0.29, 0.717) is 48.1 Å². The number of hydrogen-bond donors (Lipinski definition) is 0. The summed E-state index contributed by atoms with van der Waals surface area (Å²) >= 11 is 5.53. The van der Waals surface area contributed by atoms with E-state index in [4.69, 9.17) is 16.3 Å². The Kier molecular flexibility index (Phi) is 7.68. The standard InChI is InChI=1S/C27H24ClF3N2O/c1-2-11-34-21-15-32-25(33-16-21)10-5-17-4-9-22-20(12-17)8-7-19(27(22)31)6-3-18-13-23(29)26(28)24(30)14-18/h4,7-9,12-16H,2-3,5-6,10-11H2,1H3. The summed E-state index contributed by atoms with van der Waals surface area (Å²) in [5, 5.41) is 0.788. The highest BCUT2D eigenvalue weighted by Gasteiger charge is 2.12. The smallest absolute Gasteiger partial charge is 0.155 e. The zero-order chi connectivity index (χ0) is 24.1. The van der Waals surface area contributed by atoms with Crippen molar-refractivity contribution < 1.29 is 17.9 Å². The SMILES string of the molecule is CCCOc1cnc(CCc2ccc3c(F)c(CCc4cc(F)c(Cl)c(F)c4)ccc3c2)nc1. The minimum Gasteiger partial charge on any atom is -0.490 e. The van der Waals surface area contributed by atoms with Crippen LogP contribution in [0.5, 0.6) is 5.75 Å². The molecule has 0 bridgehead atoms. The van der Waals surface area contributed by atoms with E-state index in [-0.39, 0.29) is 5.82 Å². The fourth-order valence-electron chi connectivity index (χ4n) is 3.79. The first-order chi connectivity index (χ1) is 16.4. The van der Waals surface area contributed by atoms with Gasteiger partial charge in [-0.25, -0.2) is 23.1 Å². The molecule has 0 fully saturated rings. The van der Waals surface area contributed by atoms with Crippen molar-refractivity contribution in [3.05, 3.63) is 99.8 Å². The van der Waals surface area contributed by atoms with Crippen LogP contribution in [0.2, 0.25) is 5.02 Å². The molecule has 1 aromatic heterocycles. The molecule has 0 aliphatic heterocycles. The van der Waals surface area contributed by atoms with Crippen LogP contribution < -0.4 is 4.74 Å². The van der Waals surface area contributed by atoms with Crippen LogP contribution in [0, 0.1) is 17.5 Å². The largest absolute Gasteiger partial charge is 0.490 e. The number of fused-ring (bicyclic) bond motifs is 1. The number of benzene rings is 3. The monoisotopic (exact) mass is 484 g/mol. The Bertz CT molecular complexity index is 1270. The van der Waals surface area contributed by atoms with Gasteiger partial charge in [0.2, 0.25) is 0 Å². The lowest BCUT2D eigenvalue weighted by Crippen LogP contribution is -2.01. The van der Waals surface area contributed by atoms with E-state index in [0.717, 1.165) is 29.6 Å². The third-order valence-corrected chi connectivity index (χ3v) is 5.98. The molecule has 176 valence electrons. The molecule has 0 saturated heterocycles. The lowest BCUT2D eigenvalue weighted by atomic mass is 9.98. The molecule has 1 heterocycles. The summed E-state index contributed by atoms with van der Waals surface area (Å²) in [6.07, 6.45) is 6.29. The van der Waals surface area contributed by atoms with Crippen molar-refractivity contribution in [2.24, 2.45) is 0 Å². The average molecular weight is 485 g/mol. The molecular formula is C27H24ClF3N2O. The van der Waals surface area contributed by atoms with Gasteiger partial charge in [0.05, 0.1) is 19.0 Å². The summed E-state index contributed by atoms with van der Waals surface area (Å²) in [4.78, 5) is 8.69. The fourth-order valence-corrected chi connectivity index (χ4v) is 3.90. The fraction of sp³-hybridized carbons (Fsp3) is 0.259. The molecule has 3 aromatic carbocycles. The number of aryl methyl sites for hydroxylation is 4. The molecule has 0 aliphatic rings. The lowest BCUT2D eigenvalue weighted by molar-refractivity contribution is 0.314. The maximum atomic E-state index is 15.1. The van der Waals surface area contributed by atoms with Crippen LogP contribution in [-0.2, 0) is 25.7 Å². The summed E-state index contributed by atoms with van der Waals surface area (Å²) in [5.74, 6) is -0.553. The minimum absolute atomic E-state index is 0.299. The molecule has 0 aliphatic carbocycles. The van der Waals surface area contributed by atoms with Gasteiger partial charge in [0, 0.05) is 11.8 Å². The molecule has 3 nitrogen and oxygen atoms in total. The van der Waals surface area contributed by atoms with Crippen molar-refractivity contribution in [3.8, 4) is 5.75 Å². The van der Waals surface area contributed by atoms with Gasteiger partial charge in [0.25, 0.3) is 0 Å².